The minimum Gasteiger partial charge on any atom is -0.355 e. The smallest absolute Gasteiger partial charge is 0.355 e. The van der Waals surface area contributed by atoms with Crippen LogP contribution in [0.1, 0.15) is 28.8 Å². The highest BCUT2D eigenvalue weighted by Gasteiger charge is 2.44. The maximum Gasteiger partial charge on any atom is 0.393 e. The Balaban J connectivity index is 1.15. The molecule has 6 nitrogen and oxygen atoms in total. The fourth-order valence-electron chi connectivity index (χ4n) is 5.88. The summed E-state index contributed by atoms with van der Waals surface area (Å²) in [5.74, 6) is 0.889. The van der Waals surface area contributed by atoms with Crippen molar-refractivity contribution >= 4 is 39.0 Å². The molecule has 0 radical (unpaired) electrons. The minimum atomic E-state index is -4.23. The van der Waals surface area contributed by atoms with E-state index in [1.807, 2.05) is 7.05 Å². The zero-order valence-electron chi connectivity index (χ0n) is 19.4. The Morgan fingerprint density at radius 3 is 2.77 bits per heavy atom. The van der Waals surface area contributed by atoms with Gasteiger partial charge in [-0.25, -0.2) is 9.97 Å². The minimum absolute atomic E-state index is 0.137. The van der Waals surface area contributed by atoms with E-state index in [1.54, 1.807) is 11.0 Å². The molecule has 0 bridgehead atoms. The van der Waals surface area contributed by atoms with E-state index in [2.05, 4.69) is 38.0 Å². The van der Waals surface area contributed by atoms with Crippen LogP contribution in [0.5, 0.6) is 0 Å². The number of hydrogen-bond acceptors (Lipinski definition) is 6. The Kier molecular flexibility index (Phi) is 5.30. The molecular weight excluding hydrogens is 475 g/mol. The van der Waals surface area contributed by atoms with E-state index >= 15 is 0 Å². The van der Waals surface area contributed by atoms with Crippen molar-refractivity contribution in [3.8, 4) is 0 Å². The molecular formula is C25H26F3N5OS. The number of aromatic nitrogens is 2. The van der Waals surface area contributed by atoms with Gasteiger partial charge in [-0.15, -0.1) is 11.3 Å². The lowest BCUT2D eigenvalue weighted by atomic mass is 9.86. The molecule has 1 unspecified atom stereocenters. The SMILES string of the molecule is CN1C(=O)Cc2ccc(CN3CCC4(CCN(c5ncnc6sc(CC(F)(F)F)cc56)C4)C3)cc21. The van der Waals surface area contributed by atoms with Gasteiger partial charge < -0.3 is 9.80 Å². The van der Waals surface area contributed by atoms with Crippen molar-refractivity contribution in [1.29, 1.82) is 0 Å². The van der Waals surface area contributed by atoms with E-state index in [0.717, 1.165) is 79.4 Å². The number of likely N-dealkylation sites (tertiary alicyclic amines) is 1. The Bertz CT molecular complexity index is 1310. The van der Waals surface area contributed by atoms with Crippen LogP contribution in [0.2, 0.25) is 0 Å². The van der Waals surface area contributed by atoms with Crippen LogP contribution < -0.4 is 9.80 Å². The molecule has 1 atom stereocenters. The van der Waals surface area contributed by atoms with E-state index in [1.165, 1.54) is 11.9 Å². The van der Waals surface area contributed by atoms with Crippen molar-refractivity contribution in [3.05, 3.63) is 46.6 Å². The standard InChI is InChI=1S/C25H26F3N5OS/c1-31-20-8-16(2-3-17(20)9-21(31)34)12-32-6-4-24(13-32)5-7-33(14-24)22-19-10-18(11-25(26,27)28)35-23(19)30-15-29-22/h2-3,8,10,15H,4-7,9,11-14H2,1H3. The first-order chi connectivity index (χ1) is 16.7. The van der Waals surface area contributed by atoms with Gasteiger partial charge in [0.15, 0.2) is 0 Å². The molecule has 2 saturated heterocycles. The Morgan fingerprint density at radius 1 is 1.11 bits per heavy atom. The lowest BCUT2D eigenvalue weighted by molar-refractivity contribution is -0.126. The molecule has 1 spiro atoms. The largest absolute Gasteiger partial charge is 0.393 e. The number of likely N-dealkylation sites (N-methyl/N-ethyl adjacent to an activating group) is 1. The molecule has 2 fully saturated rings. The predicted molar refractivity (Wildman–Crippen MR) is 130 cm³/mol. The fourth-order valence-corrected chi connectivity index (χ4v) is 6.91. The average Bonchev–Trinajstić information content (AvgIpc) is 3.55. The first-order valence-corrected chi connectivity index (χ1v) is 12.7. The highest BCUT2D eigenvalue weighted by molar-refractivity contribution is 7.18. The summed E-state index contributed by atoms with van der Waals surface area (Å²) < 4.78 is 38.7. The molecule has 5 heterocycles. The molecule has 35 heavy (non-hydrogen) atoms. The summed E-state index contributed by atoms with van der Waals surface area (Å²) in [4.78, 5) is 28.0. The van der Waals surface area contributed by atoms with Crippen LogP contribution in [0.25, 0.3) is 10.2 Å². The summed E-state index contributed by atoms with van der Waals surface area (Å²) >= 11 is 1.10. The molecule has 3 aliphatic heterocycles. The van der Waals surface area contributed by atoms with Crippen molar-refractivity contribution in [1.82, 2.24) is 14.9 Å². The Morgan fingerprint density at radius 2 is 1.94 bits per heavy atom. The summed E-state index contributed by atoms with van der Waals surface area (Å²) in [6, 6.07) is 7.96. The van der Waals surface area contributed by atoms with E-state index < -0.39 is 12.6 Å². The number of nitrogens with zero attached hydrogens (tertiary/aromatic N) is 5. The van der Waals surface area contributed by atoms with Gasteiger partial charge in [-0.3, -0.25) is 9.69 Å². The Hall–Kier alpha value is -2.72. The van der Waals surface area contributed by atoms with Crippen LogP contribution >= 0.6 is 11.3 Å². The number of amides is 1. The van der Waals surface area contributed by atoms with Crippen molar-refractivity contribution in [2.75, 3.05) is 43.0 Å². The van der Waals surface area contributed by atoms with Crippen LogP contribution in [0.3, 0.4) is 0 Å². The van der Waals surface area contributed by atoms with Crippen molar-refractivity contribution in [3.63, 3.8) is 0 Å². The van der Waals surface area contributed by atoms with E-state index in [-0.39, 0.29) is 16.2 Å². The zero-order chi connectivity index (χ0) is 24.4. The molecule has 6 rings (SSSR count). The average molecular weight is 502 g/mol. The number of carbonyl (C=O) groups is 1. The van der Waals surface area contributed by atoms with E-state index in [0.29, 0.717) is 11.3 Å². The molecule has 2 aromatic heterocycles. The molecule has 3 aromatic rings. The molecule has 10 heteroatoms. The normalized spacial score (nSPS) is 22.8. The van der Waals surface area contributed by atoms with Gasteiger partial charge in [0.05, 0.1) is 18.2 Å². The number of rotatable bonds is 4. The van der Waals surface area contributed by atoms with Crippen LogP contribution in [0.15, 0.2) is 30.6 Å². The summed E-state index contributed by atoms with van der Waals surface area (Å²) in [5.41, 5.74) is 3.48. The lowest BCUT2D eigenvalue weighted by Gasteiger charge is -2.25. The second kappa shape index (κ2) is 8.16. The van der Waals surface area contributed by atoms with Crippen molar-refractivity contribution in [2.24, 2.45) is 5.41 Å². The second-order valence-electron chi connectivity index (χ2n) is 10.1. The van der Waals surface area contributed by atoms with Gasteiger partial charge in [0.25, 0.3) is 0 Å². The predicted octanol–water partition coefficient (Wildman–Crippen LogP) is 4.42. The number of anilines is 2. The van der Waals surface area contributed by atoms with Gasteiger partial charge in [0.2, 0.25) is 5.91 Å². The summed E-state index contributed by atoms with van der Waals surface area (Å²) in [6.45, 7) is 4.53. The number of hydrogen-bond donors (Lipinski definition) is 0. The first-order valence-electron chi connectivity index (χ1n) is 11.8. The Labute approximate surface area is 205 Å². The topological polar surface area (TPSA) is 52.6 Å². The molecule has 0 aliphatic carbocycles. The lowest BCUT2D eigenvalue weighted by Crippen LogP contribution is -2.31. The molecule has 184 valence electrons. The van der Waals surface area contributed by atoms with Gasteiger partial charge in [0.1, 0.15) is 17.0 Å². The van der Waals surface area contributed by atoms with Crippen LogP contribution in [-0.2, 0) is 24.2 Å². The summed E-state index contributed by atoms with van der Waals surface area (Å²) in [5, 5.41) is 0.723. The highest BCUT2D eigenvalue weighted by Crippen LogP contribution is 2.43. The van der Waals surface area contributed by atoms with E-state index in [9.17, 15) is 18.0 Å². The van der Waals surface area contributed by atoms with Crippen LogP contribution in [0.4, 0.5) is 24.7 Å². The number of thiophene rings is 1. The second-order valence-corrected chi connectivity index (χ2v) is 11.3. The molecule has 0 N–H and O–H groups in total. The third-order valence-electron chi connectivity index (χ3n) is 7.62. The summed E-state index contributed by atoms with van der Waals surface area (Å²) in [6.07, 6.45) is -1.09. The monoisotopic (exact) mass is 501 g/mol. The van der Waals surface area contributed by atoms with Crippen LogP contribution in [0, 0.1) is 5.41 Å². The third-order valence-corrected chi connectivity index (χ3v) is 8.67. The number of benzene rings is 1. The van der Waals surface area contributed by atoms with Gasteiger partial charge >= 0.3 is 6.18 Å². The van der Waals surface area contributed by atoms with Gasteiger partial charge in [-0.1, -0.05) is 12.1 Å². The highest BCUT2D eigenvalue weighted by atomic mass is 32.1. The summed E-state index contributed by atoms with van der Waals surface area (Å²) in [7, 11) is 1.83. The number of carbonyl (C=O) groups excluding carboxylic acids is 1. The van der Waals surface area contributed by atoms with Crippen molar-refractivity contribution in [2.45, 2.75) is 38.4 Å². The van der Waals surface area contributed by atoms with Gasteiger partial charge in [0, 0.05) is 49.2 Å². The number of fused-ring (bicyclic) bond motifs is 2. The zero-order valence-corrected chi connectivity index (χ0v) is 20.3. The molecule has 0 saturated carbocycles. The van der Waals surface area contributed by atoms with Gasteiger partial charge in [-0.05, 0) is 42.6 Å². The molecule has 1 amide bonds. The maximum atomic E-state index is 12.9. The third kappa shape index (κ3) is 4.27. The first kappa shape index (κ1) is 22.7. The maximum absolute atomic E-state index is 12.9. The molecule has 3 aliphatic rings. The van der Waals surface area contributed by atoms with Crippen LogP contribution in [-0.4, -0.2) is 60.2 Å². The van der Waals surface area contributed by atoms with E-state index in [4.69, 9.17) is 0 Å². The quantitative estimate of drug-likeness (QED) is 0.530. The van der Waals surface area contributed by atoms with Gasteiger partial charge in [-0.2, -0.15) is 13.2 Å². The van der Waals surface area contributed by atoms with Crippen molar-refractivity contribution < 1.29 is 18.0 Å². The number of halogens is 3. The number of alkyl halides is 3. The fraction of sp³-hybridized carbons (Fsp3) is 0.480. The molecule has 1 aromatic carbocycles.